The average Bonchev–Trinajstić information content (AvgIpc) is 3.24. The first kappa shape index (κ1) is 18.0. The third-order valence-electron chi connectivity index (χ3n) is 5.08. The first-order valence-corrected chi connectivity index (χ1v) is 9.14. The summed E-state index contributed by atoms with van der Waals surface area (Å²) < 4.78 is 0. The molecule has 2 saturated heterocycles. The molecule has 9 heteroatoms. The van der Waals surface area contributed by atoms with Crippen molar-refractivity contribution < 1.29 is 14.7 Å². The number of nitrogens with zero attached hydrogens (tertiary/aromatic N) is 3. The van der Waals surface area contributed by atoms with Crippen LogP contribution >= 0.6 is 11.6 Å². The summed E-state index contributed by atoms with van der Waals surface area (Å²) in [5.74, 6) is -0.0812. The second-order valence-corrected chi connectivity index (χ2v) is 6.97. The lowest BCUT2D eigenvalue weighted by Crippen LogP contribution is -2.60. The summed E-state index contributed by atoms with van der Waals surface area (Å²) in [5.41, 5.74) is 0.739. The van der Waals surface area contributed by atoms with E-state index in [1.165, 1.54) is 4.90 Å². The Labute approximate surface area is 151 Å². The molecule has 2 amide bonds. The van der Waals surface area contributed by atoms with E-state index in [4.69, 9.17) is 11.6 Å². The zero-order chi connectivity index (χ0) is 18.0. The molecule has 2 aliphatic heterocycles. The van der Waals surface area contributed by atoms with E-state index in [0.717, 1.165) is 31.6 Å². The highest BCUT2D eigenvalue weighted by atomic mass is 35.5. The van der Waals surface area contributed by atoms with Crippen LogP contribution < -0.4 is 5.32 Å². The summed E-state index contributed by atoms with van der Waals surface area (Å²) in [7, 11) is 0. The number of piperidine rings is 1. The first-order valence-electron chi connectivity index (χ1n) is 8.76. The Balaban J connectivity index is 1.71. The number of amides is 2. The summed E-state index contributed by atoms with van der Waals surface area (Å²) >= 11 is 6.02. The number of carbonyl (C=O) groups excluding carboxylic acids is 1. The minimum atomic E-state index is -0.903. The SMILES string of the molecule is CCc1[nH]c(C(=O)N[C@@H]2CCN(C(=O)O)C[C@H]2N2CCCC2)nc1Cl. The van der Waals surface area contributed by atoms with E-state index in [0.29, 0.717) is 31.1 Å². The van der Waals surface area contributed by atoms with Crippen molar-refractivity contribution >= 4 is 23.6 Å². The van der Waals surface area contributed by atoms with Crippen LogP contribution in [0, 0.1) is 0 Å². The summed E-state index contributed by atoms with van der Waals surface area (Å²) in [6.07, 6.45) is 2.58. The molecule has 0 spiro atoms. The maximum Gasteiger partial charge on any atom is 0.407 e. The van der Waals surface area contributed by atoms with E-state index < -0.39 is 6.09 Å². The molecule has 0 bridgehead atoms. The highest BCUT2D eigenvalue weighted by molar-refractivity contribution is 6.30. The normalized spacial score (nSPS) is 24.5. The molecule has 2 atom stereocenters. The van der Waals surface area contributed by atoms with Gasteiger partial charge in [-0.05, 0) is 38.8 Å². The van der Waals surface area contributed by atoms with Crippen LogP contribution in [0.2, 0.25) is 5.15 Å². The van der Waals surface area contributed by atoms with Gasteiger partial charge in [-0.15, -0.1) is 0 Å². The number of H-pyrrole nitrogens is 1. The van der Waals surface area contributed by atoms with Gasteiger partial charge < -0.3 is 20.3 Å². The minimum Gasteiger partial charge on any atom is -0.465 e. The molecule has 0 saturated carbocycles. The van der Waals surface area contributed by atoms with Crippen LogP contribution in [0.4, 0.5) is 4.79 Å². The third kappa shape index (κ3) is 3.90. The second-order valence-electron chi connectivity index (χ2n) is 6.62. The van der Waals surface area contributed by atoms with Gasteiger partial charge in [0, 0.05) is 25.2 Å². The molecule has 8 nitrogen and oxygen atoms in total. The van der Waals surface area contributed by atoms with Gasteiger partial charge in [-0.25, -0.2) is 9.78 Å². The molecule has 0 aliphatic carbocycles. The summed E-state index contributed by atoms with van der Waals surface area (Å²) in [6.45, 7) is 4.66. The number of rotatable bonds is 4. The molecule has 0 aromatic carbocycles. The van der Waals surface area contributed by atoms with E-state index in [2.05, 4.69) is 20.2 Å². The molecule has 1 aromatic heterocycles. The van der Waals surface area contributed by atoms with Crippen LogP contribution in [0.1, 0.15) is 42.5 Å². The Kier molecular flexibility index (Phi) is 5.48. The Morgan fingerprint density at radius 1 is 1.36 bits per heavy atom. The molecule has 0 radical (unpaired) electrons. The van der Waals surface area contributed by atoms with Crippen LogP contribution in [0.15, 0.2) is 0 Å². The lowest BCUT2D eigenvalue weighted by molar-refractivity contribution is 0.0675. The van der Waals surface area contributed by atoms with Crippen LogP contribution in [0.3, 0.4) is 0 Å². The van der Waals surface area contributed by atoms with Crippen molar-refractivity contribution in [3.05, 3.63) is 16.7 Å². The number of hydrogen-bond acceptors (Lipinski definition) is 4. The van der Waals surface area contributed by atoms with Gasteiger partial charge in [0.15, 0.2) is 11.0 Å². The predicted octanol–water partition coefficient (Wildman–Crippen LogP) is 1.57. The zero-order valence-corrected chi connectivity index (χ0v) is 15.1. The van der Waals surface area contributed by atoms with Crippen molar-refractivity contribution in [2.45, 2.75) is 44.7 Å². The van der Waals surface area contributed by atoms with Gasteiger partial charge >= 0.3 is 6.09 Å². The predicted molar refractivity (Wildman–Crippen MR) is 93.0 cm³/mol. The molecule has 2 aliphatic rings. The zero-order valence-electron chi connectivity index (χ0n) is 14.3. The van der Waals surface area contributed by atoms with Gasteiger partial charge in [-0.2, -0.15) is 0 Å². The summed E-state index contributed by atoms with van der Waals surface area (Å²) in [5, 5.41) is 12.7. The number of aromatic nitrogens is 2. The third-order valence-corrected chi connectivity index (χ3v) is 5.39. The molecule has 3 rings (SSSR count). The number of aromatic amines is 1. The number of carbonyl (C=O) groups is 2. The van der Waals surface area contributed by atoms with Gasteiger partial charge in [0.05, 0.1) is 5.69 Å². The van der Waals surface area contributed by atoms with Crippen molar-refractivity contribution in [3.63, 3.8) is 0 Å². The Hall–Kier alpha value is -1.80. The number of aryl methyl sites for hydroxylation is 1. The maximum atomic E-state index is 12.6. The number of likely N-dealkylation sites (tertiary alicyclic amines) is 2. The van der Waals surface area contributed by atoms with Gasteiger partial charge in [0.25, 0.3) is 5.91 Å². The molecule has 0 unspecified atom stereocenters. The van der Waals surface area contributed by atoms with Gasteiger partial charge in [0.1, 0.15) is 0 Å². The van der Waals surface area contributed by atoms with E-state index in [9.17, 15) is 14.7 Å². The van der Waals surface area contributed by atoms with Crippen LogP contribution in [-0.2, 0) is 6.42 Å². The van der Waals surface area contributed by atoms with E-state index in [1.54, 1.807) is 0 Å². The molecular formula is C16H24ClN5O3. The maximum absolute atomic E-state index is 12.6. The molecule has 25 heavy (non-hydrogen) atoms. The number of nitrogens with one attached hydrogen (secondary N) is 2. The molecule has 138 valence electrons. The van der Waals surface area contributed by atoms with Crippen LogP contribution in [0.5, 0.6) is 0 Å². The fraction of sp³-hybridized carbons (Fsp3) is 0.688. The quantitative estimate of drug-likeness (QED) is 0.747. The van der Waals surface area contributed by atoms with Crippen molar-refractivity contribution in [1.82, 2.24) is 25.1 Å². The Bertz CT molecular complexity index is 644. The van der Waals surface area contributed by atoms with E-state index >= 15 is 0 Å². The minimum absolute atomic E-state index is 0.00706. The number of halogens is 1. The average molecular weight is 370 g/mol. The fourth-order valence-corrected chi connectivity index (χ4v) is 3.95. The Morgan fingerprint density at radius 3 is 2.68 bits per heavy atom. The molecule has 1 aromatic rings. The lowest BCUT2D eigenvalue weighted by Gasteiger charge is -2.42. The Morgan fingerprint density at radius 2 is 2.08 bits per heavy atom. The monoisotopic (exact) mass is 369 g/mol. The largest absolute Gasteiger partial charge is 0.465 e. The number of carboxylic acid groups (broad SMARTS) is 1. The van der Waals surface area contributed by atoms with Crippen LogP contribution in [-0.4, -0.2) is 75.1 Å². The standard InChI is InChI=1S/C16H24ClN5O3/c1-2-10-13(17)20-14(18-10)15(23)19-11-5-8-22(16(24)25)9-12(11)21-6-3-4-7-21/h11-12H,2-9H2,1H3,(H,18,20)(H,19,23)(H,24,25)/t11-,12-/m1/s1. The highest BCUT2D eigenvalue weighted by Crippen LogP contribution is 2.22. The van der Waals surface area contributed by atoms with Gasteiger partial charge in [-0.3, -0.25) is 9.69 Å². The summed E-state index contributed by atoms with van der Waals surface area (Å²) in [4.78, 5) is 34.7. The first-order chi connectivity index (χ1) is 12.0. The lowest BCUT2D eigenvalue weighted by atomic mass is 9.98. The van der Waals surface area contributed by atoms with Crippen molar-refractivity contribution in [3.8, 4) is 0 Å². The highest BCUT2D eigenvalue weighted by Gasteiger charge is 2.37. The molecule has 2 fully saturated rings. The smallest absolute Gasteiger partial charge is 0.407 e. The molecule has 3 heterocycles. The number of hydrogen-bond donors (Lipinski definition) is 3. The van der Waals surface area contributed by atoms with E-state index in [-0.39, 0.29) is 23.8 Å². The van der Waals surface area contributed by atoms with Crippen molar-refractivity contribution in [2.24, 2.45) is 0 Å². The van der Waals surface area contributed by atoms with Crippen molar-refractivity contribution in [1.29, 1.82) is 0 Å². The topological polar surface area (TPSA) is 102 Å². The molecule has 3 N–H and O–H groups in total. The second kappa shape index (κ2) is 7.61. The summed E-state index contributed by atoms with van der Waals surface area (Å²) in [6, 6.07) is -0.109. The molecular weight excluding hydrogens is 346 g/mol. The van der Waals surface area contributed by atoms with Crippen LogP contribution in [0.25, 0.3) is 0 Å². The van der Waals surface area contributed by atoms with Gasteiger partial charge in [-0.1, -0.05) is 18.5 Å². The van der Waals surface area contributed by atoms with Gasteiger partial charge in [0.2, 0.25) is 0 Å². The fourth-order valence-electron chi connectivity index (χ4n) is 3.68. The van der Waals surface area contributed by atoms with Crippen molar-refractivity contribution in [2.75, 3.05) is 26.2 Å². The number of imidazole rings is 1. The van der Waals surface area contributed by atoms with E-state index in [1.807, 2.05) is 6.92 Å².